The summed E-state index contributed by atoms with van der Waals surface area (Å²) in [5, 5.41) is 11.4. The van der Waals surface area contributed by atoms with Gasteiger partial charge in [0.15, 0.2) is 23.3 Å². The van der Waals surface area contributed by atoms with E-state index in [1.165, 1.54) is 0 Å². The Morgan fingerprint density at radius 1 is 0.829 bits per heavy atom. The summed E-state index contributed by atoms with van der Waals surface area (Å²) >= 11 is 0. The number of carboxylic acid groups (broad SMARTS) is 1. The first-order valence-electron chi connectivity index (χ1n) is 10.5. The van der Waals surface area contributed by atoms with Gasteiger partial charge in [0.1, 0.15) is 12.6 Å². The zero-order valence-electron chi connectivity index (χ0n) is 18.0. The van der Waals surface area contributed by atoms with Crippen LogP contribution < -0.4 is 5.32 Å². The van der Waals surface area contributed by atoms with Crippen LogP contribution in [0.15, 0.2) is 48.5 Å². The molecule has 3 aromatic rings. The van der Waals surface area contributed by atoms with Gasteiger partial charge in [-0.3, -0.25) is 0 Å². The van der Waals surface area contributed by atoms with Crippen LogP contribution in [-0.4, -0.2) is 29.8 Å². The molecule has 0 saturated carbocycles. The molecule has 5 nitrogen and oxygen atoms in total. The zero-order valence-corrected chi connectivity index (χ0v) is 18.0. The summed E-state index contributed by atoms with van der Waals surface area (Å²) in [5.74, 6) is -12.5. The minimum Gasteiger partial charge on any atom is -0.480 e. The molecular formula is C25H18F5NO4. The summed E-state index contributed by atoms with van der Waals surface area (Å²) in [6.45, 7) is -0.107. The van der Waals surface area contributed by atoms with Crippen molar-refractivity contribution in [2.75, 3.05) is 6.61 Å². The number of alkyl carbamates (subject to hydrolysis) is 1. The van der Waals surface area contributed by atoms with Crippen molar-refractivity contribution in [1.29, 1.82) is 0 Å². The van der Waals surface area contributed by atoms with E-state index in [1.807, 2.05) is 48.5 Å². The number of carboxylic acids is 1. The molecule has 1 aliphatic rings. The minimum absolute atomic E-state index is 0.107. The van der Waals surface area contributed by atoms with E-state index in [9.17, 15) is 36.6 Å². The second kappa shape index (κ2) is 9.73. The second-order valence-corrected chi connectivity index (χ2v) is 7.95. The molecule has 1 unspecified atom stereocenters. The fourth-order valence-electron chi connectivity index (χ4n) is 4.20. The number of amides is 1. The Morgan fingerprint density at radius 2 is 1.31 bits per heavy atom. The van der Waals surface area contributed by atoms with Gasteiger partial charge in [-0.05, 0) is 35.1 Å². The largest absolute Gasteiger partial charge is 0.480 e. The maximum absolute atomic E-state index is 13.9. The lowest BCUT2D eigenvalue weighted by molar-refractivity contribution is -0.139. The summed E-state index contributed by atoms with van der Waals surface area (Å²) in [5.41, 5.74) is 2.68. The van der Waals surface area contributed by atoms with E-state index in [4.69, 9.17) is 4.74 Å². The maximum Gasteiger partial charge on any atom is 0.407 e. The molecule has 0 fully saturated rings. The van der Waals surface area contributed by atoms with Gasteiger partial charge in [-0.15, -0.1) is 0 Å². The third-order valence-corrected chi connectivity index (χ3v) is 5.92. The van der Waals surface area contributed by atoms with E-state index in [2.05, 4.69) is 5.32 Å². The highest BCUT2D eigenvalue weighted by atomic mass is 19.2. The Kier molecular flexibility index (Phi) is 6.72. The van der Waals surface area contributed by atoms with Crippen LogP contribution >= 0.6 is 0 Å². The van der Waals surface area contributed by atoms with Crippen molar-refractivity contribution in [3.8, 4) is 11.1 Å². The first kappa shape index (κ1) is 24.2. The number of fused-ring (bicyclic) bond motifs is 3. The molecule has 0 heterocycles. The highest BCUT2D eigenvalue weighted by molar-refractivity contribution is 5.81. The lowest BCUT2D eigenvalue weighted by atomic mass is 9.98. The average Bonchev–Trinajstić information content (AvgIpc) is 3.18. The highest BCUT2D eigenvalue weighted by Gasteiger charge is 2.31. The van der Waals surface area contributed by atoms with Crippen LogP contribution in [0.4, 0.5) is 26.7 Å². The molecule has 10 heteroatoms. The van der Waals surface area contributed by atoms with E-state index in [0.717, 1.165) is 22.3 Å². The Bertz CT molecular complexity index is 1240. The van der Waals surface area contributed by atoms with Crippen molar-refractivity contribution in [2.24, 2.45) is 0 Å². The topological polar surface area (TPSA) is 75.6 Å². The first-order valence-corrected chi connectivity index (χ1v) is 10.5. The Morgan fingerprint density at radius 3 is 1.83 bits per heavy atom. The SMILES string of the molecule is O=C(NC(CCc1c(F)c(F)c(F)c(F)c1F)C(=O)O)OCC1c2ccccc2-c2ccccc21. The molecular weight excluding hydrogens is 473 g/mol. The Hall–Kier alpha value is -3.95. The fraction of sp³-hybridized carbons (Fsp3) is 0.200. The Balaban J connectivity index is 1.43. The zero-order chi connectivity index (χ0) is 25.3. The van der Waals surface area contributed by atoms with Crippen molar-refractivity contribution >= 4 is 12.1 Å². The maximum atomic E-state index is 13.9. The van der Waals surface area contributed by atoms with Crippen LogP contribution in [0.3, 0.4) is 0 Å². The number of rotatable bonds is 7. The average molecular weight is 491 g/mol. The number of nitrogens with one attached hydrogen (secondary N) is 1. The summed E-state index contributed by atoms with van der Waals surface area (Å²) in [7, 11) is 0. The normalized spacial score (nSPS) is 13.2. The molecule has 3 aromatic carbocycles. The van der Waals surface area contributed by atoms with Gasteiger partial charge in [0, 0.05) is 11.5 Å². The second-order valence-electron chi connectivity index (χ2n) is 7.95. The molecule has 1 aliphatic carbocycles. The van der Waals surface area contributed by atoms with Gasteiger partial charge in [0.05, 0.1) is 0 Å². The summed E-state index contributed by atoms with van der Waals surface area (Å²) in [4.78, 5) is 23.9. The standard InChI is InChI=1S/C25H18F5NO4/c26-19-16(20(27)22(29)23(30)21(19)28)9-10-18(24(32)33)31-25(34)35-11-17-14-7-3-1-5-12(14)13-6-2-4-8-15(13)17/h1-8,17-18H,9-11H2,(H,31,34)(H,32,33). The van der Waals surface area contributed by atoms with Crippen LogP contribution in [0.1, 0.15) is 29.0 Å². The highest BCUT2D eigenvalue weighted by Crippen LogP contribution is 2.44. The number of benzene rings is 3. The van der Waals surface area contributed by atoms with Crippen molar-refractivity contribution in [1.82, 2.24) is 5.32 Å². The molecule has 0 spiro atoms. The fourth-order valence-corrected chi connectivity index (χ4v) is 4.20. The third kappa shape index (κ3) is 4.55. The minimum atomic E-state index is -2.31. The molecule has 0 radical (unpaired) electrons. The van der Waals surface area contributed by atoms with Crippen molar-refractivity contribution in [2.45, 2.75) is 24.8 Å². The van der Waals surface area contributed by atoms with Crippen LogP contribution in [0, 0.1) is 29.1 Å². The van der Waals surface area contributed by atoms with Gasteiger partial charge in [-0.25, -0.2) is 31.5 Å². The lowest BCUT2D eigenvalue weighted by Crippen LogP contribution is -2.41. The van der Waals surface area contributed by atoms with Gasteiger partial charge >= 0.3 is 12.1 Å². The summed E-state index contributed by atoms with van der Waals surface area (Å²) in [6, 6.07) is 13.4. The number of carbonyl (C=O) groups excluding carboxylic acids is 1. The molecule has 0 aromatic heterocycles. The van der Waals surface area contributed by atoms with Crippen LogP contribution in [-0.2, 0) is 16.0 Å². The van der Waals surface area contributed by atoms with Gasteiger partial charge in [0.25, 0.3) is 0 Å². The lowest BCUT2D eigenvalue weighted by Gasteiger charge is -2.18. The third-order valence-electron chi connectivity index (χ3n) is 5.92. The first-order chi connectivity index (χ1) is 16.7. The number of carbonyl (C=O) groups is 2. The molecule has 1 amide bonds. The number of aliphatic carboxylic acids is 1. The number of ether oxygens (including phenoxy) is 1. The molecule has 2 N–H and O–H groups in total. The van der Waals surface area contributed by atoms with E-state index in [0.29, 0.717) is 0 Å². The molecule has 0 saturated heterocycles. The summed E-state index contributed by atoms with van der Waals surface area (Å²) in [6.07, 6.45) is -2.57. The number of hydrogen-bond donors (Lipinski definition) is 2. The molecule has 0 aliphatic heterocycles. The Labute approximate surface area is 196 Å². The van der Waals surface area contributed by atoms with Crippen LogP contribution in [0.25, 0.3) is 11.1 Å². The van der Waals surface area contributed by atoms with Gasteiger partial charge < -0.3 is 15.2 Å². The van der Waals surface area contributed by atoms with Crippen molar-refractivity contribution < 1.29 is 41.4 Å². The molecule has 1 atom stereocenters. The predicted molar refractivity (Wildman–Crippen MR) is 114 cm³/mol. The van der Waals surface area contributed by atoms with E-state index in [1.54, 1.807) is 0 Å². The van der Waals surface area contributed by atoms with E-state index < -0.39 is 65.6 Å². The molecule has 4 rings (SSSR count). The summed E-state index contributed by atoms with van der Waals surface area (Å²) < 4.78 is 73.0. The number of hydrogen-bond acceptors (Lipinski definition) is 3. The molecule has 35 heavy (non-hydrogen) atoms. The molecule has 0 bridgehead atoms. The quantitative estimate of drug-likeness (QED) is 0.267. The predicted octanol–water partition coefficient (Wildman–Crippen LogP) is 5.31. The van der Waals surface area contributed by atoms with Gasteiger partial charge in [-0.2, -0.15) is 0 Å². The monoisotopic (exact) mass is 491 g/mol. The van der Waals surface area contributed by atoms with Crippen LogP contribution in [0.2, 0.25) is 0 Å². The van der Waals surface area contributed by atoms with Gasteiger partial charge in [-0.1, -0.05) is 48.5 Å². The van der Waals surface area contributed by atoms with Crippen LogP contribution in [0.5, 0.6) is 0 Å². The smallest absolute Gasteiger partial charge is 0.407 e. The van der Waals surface area contributed by atoms with Crippen molar-refractivity contribution in [3.63, 3.8) is 0 Å². The van der Waals surface area contributed by atoms with E-state index >= 15 is 0 Å². The molecule has 182 valence electrons. The van der Waals surface area contributed by atoms with Crippen molar-refractivity contribution in [3.05, 3.63) is 94.3 Å². The number of halogens is 5. The van der Waals surface area contributed by atoms with Gasteiger partial charge in [0.2, 0.25) is 5.82 Å². The van der Waals surface area contributed by atoms with E-state index in [-0.39, 0.29) is 12.5 Å².